The van der Waals surface area contributed by atoms with Crippen LogP contribution in [-0.2, 0) is 0 Å². The standard InChI is InChI=1S/C10H12ClNO/c1-3-12-10(13)9-5-4-8(11)6-7(9)2/h4-6H,3H2,1-2H3,(H,12,13). The predicted octanol–water partition coefficient (Wildman–Crippen LogP) is 2.40. The first kappa shape index (κ1) is 10.1. The fraction of sp³-hybridized carbons (Fsp3) is 0.300. The van der Waals surface area contributed by atoms with E-state index in [0.29, 0.717) is 17.1 Å². The smallest absolute Gasteiger partial charge is 0.251 e. The van der Waals surface area contributed by atoms with E-state index >= 15 is 0 Å². The first-order valence-corrected chi connectivity index (χ1v) is 4.57. The Kier molecular flexibility index (Phi) is 3.32. The molecule has 0 aromatic heterocycles. The molecule has 0 radical (unpaired) electrons. The summed E-state index contributed by atoms with van der Waals surface area (Å²) in [4.78, 5) is 11.4. The fourth-order valence-electron chi connectivity index (χ4n) is 1.14. The van der Waals surface area contributed by atoms with Crippen LogP contribution in [0, 0.1) is 6.92 Å². The molecule has 1 aromatic carbocycles. The summed E-state index contributed by atoms with van der Waals surface area (Å²) in [7, 11) is 0. The monoisotopic (exact) mass is 197 g/mol. The lowest BCUT2D eigenvalue weighted by atomic mass is 10.1. The summed E-state index contributed by atoms with van der Waals surface area (Å²) in [5.41, 5.74) is 1.59. The van der Waals surface area contributed by atoms with Gasteiger partial charge in [-0.05, 0) is 37.6 Å². The molecular weight excluding hydrogens is 186 g/mol. The second-order valence-electron chi connectivity index (χ2n) is 2.82. The average Bonchev–Trinajstić information content (AvgIpc) is 2.04. The van der Waals surface area contributed by atoms with Gasteiger partial charge in [0.1, 0.15) is 0 Å². The van der Waals surface area contributed by atoms with E-state index < -0.39 is 0 Å². The molecule has 70 valence electrons. The minimum atomic E-state index is -0.0448. The molecular formula is C10H12ClNO. The van der Waals surface area contributed by atoms with Gasteiger partial charge in [0, 0.05) is 17.1 Å². The Labute approximate surface area is 82.9 Å². The molecule has 0 spiro atoms. The number of nitrogens with one attached hydrogen (secondary N) is 1. The van der Waals surface area contributed by atoms with E-state index in [1.165, 1.54) is 0 Å². The topological polar surface area (TPSA) is 29.1 Å². The second-order valence-corrected chi connectivity index (χ2v) is 3.26. The van der Waals surface area contributed by atoms with Crippen molar-refractivity contribution < 1.29 is 4.79 Å². The number of carbonyl (C=O) groups is 1. The van der Waals surface area contributed by atoms with Crippen LogP contribution in [0.15, 0.2) is 18.2 Å². The molecule has 1 amide bonds. The highest BCUT2D eigenvalue weighted by Crippen LogP contribution is 2.14. The molecule has 0 heterocycles. The minimum Gasteiger partial charge on any atom is -0.352 e. The molecule has 0 unspecified atom stereocenters. The Morgan fingerprint density at radius 1 is 1.54 bits per heavy atom. The van der Waals surface area contributed by atoms with Crippen LogP contribution in [0.3, 0.4) is 0 Å². The number of carbonyl (C=O) groups excluding carboxylic acids is 1. The third-order valence-electron chi connectivity index (χ3n) is 1.77. The van der Waals surface area contributed by atoms with Gasteiger partial charge in [-0.1, -0.05) is 11.6 Å². The van der Waals surface area contributed by atoms with E-state index in [0.717, 1.165) is 5.56 Å². The number of halogens is 1. The number of hydrogen-bond donors (Lipinski definition) is 1. The third-order valence-corrected chi connectivity index (χ3v) is 2.01. The van der Waals surface area contributed by atoms with Gasteiger partial charge < -0.3 is 5.32 Å². The molecule has 0 saturated carbocycles. The highest BCUT2D eigenvalue weighted by molar-refractivity contribution is 6.30. The zero-order valence-corrected chi connectivity index (χ0v) is 8.48. The SMILES string of the molecule is CCNC(=O)c1ccc(Cl)cc1C. The third kappa shape index (κ3) is 2.46. The maximum absolute atomic E-state index is 11.4. The lowest BCUT2D eigenvalue weighted by Gasteiger charge is -2.05. The van der Waals surface area contributed by atoms with Crippen LogP contribution in [0.4, 0.5) is 0 Å². The van der Waals surface area contributed by atoms with Gasteiger partial charge in [-0.2, -0.15) is 0 Å². The number of benzene rings is 1. The van der Waals surface area contributed by atoms with Crippen molar-refractivity contribution in [2.24, 2.45) is 0 Å². The van der Waals surface area contributed by atoms with Gasteiger partial charge in [-0.15, -0.1) is 0 Å². The molecule has 3 heteroatoms. The van der Waals surface area contributed by atoms with Gasteiger partial charge in [0.05, 0.1) is 0 Å². The molecule has 1 rings (SSSR count). The van der Waals surface area contributed by atoms with Gasteiger partial charge in [0.2, 0.25) is 0 Å². The zero-order chi connectivity index (χ0) is 9.84. The lowest BCUT2D eigenvalue weighted by Crippen LogP contribution is -2.23. The van der Waals surface area contributed by atoms with Crippen LogP contribution in [0.25, 0.3) is 0 Å². The normalized spacial score (nSPS) is 9.77. The summed E-state index contributed by atoms with van der Waals surface area (Å²) in [5, 5.41) is 3.40. The van der Waals surface area contributed by atoms with Crippen molar-refractivity contribution in [3.63, 3.8) is 0 Å². The fourth-order valence-corrected chi connectivity index (χ4v) is 1.36. The van der Waals surface area contributed by atoms with Crippen molar-refractivity contribution in [1.29, 1.82) is 0 Å². The van der Waals surface area contributed by atoms with Gasteiger partial charge >= 0.3 is 0 Å². The lowest BCUT2D eigenvalue weighted by molar-refractivity contribution is 0.0955. The highest BCUT2D eigenvalue weighted by atomic mass is 35.5. The number of amides is 1. The van der Waals surface area contributed by atoms with Crippen molar-refractivity contribution in [2.75, 3.05) is 6.54 Å². The summed E-state index contributed by atoms with van der Waals surface area (Å²) in [6.45, 7) is 4.40. The van der Waals surface area contributed by atoms with Crippen molar-refractivity contribution in [1.82, 2.24) is 5.32 Å². The molecule has 0 atom stereocenters. The van der Waals surface area contributed by atoms with E-state index in [4.69, 9.17) is 11.6 Å². The molecule has 13 heavy (non-hydrogen) atoms. The van der Waals surface area contributed by atoms with Gasteiger partial charge in [0.25, 0.3) is 5.91 Å². The van der Waals surface area contributed by atoms with E-state index in [-0.39, 0.29) is 5.91 Å². The molecule has 2 nitrogen and oxygen atoms in total. The van der Waals surface area contributed by atoms with Gasteiger partial charge in [0.15, 0.2) is 0 Å². The Balaban J connectivity index is 2.95. The predicted molar refractivity (Wildman–Crippen MR) is 54.2 cm³/mol. The first-order chi connectivity index (χ1) is 6.15. The molecule has 0 aliphatic heterocycles. The van der Waals surface area contributed by atoms with Crippen LogP contribution in [0.5, 0.6) is 0 Å². The van der Waals surface area contributed by atoms with Crippen LogP contribution in [0.1, 0.15) is 22.8 Å². The summed E-state index contributed by atoms with van der Waals surface area (Å²) in [5.74, 6) is -0.0448. The molecule has 0 bridgehead atoms. The Morgan fingerprint density at radius 3 is 2.77 bits per heavy atom. The quantitative estimate of drug-likeness (QED) is 0.775. The maximum Gasteiger partial charge on any atom is 0.251 e. The Hall–Kier alpha value is -1.02. The van der Waals surface area contributed by atoms with Crippen molar-refractivity contribution >= 4 is 17.5 Å². The summed E-state index contributed by atoms with van der Waals surface area (Å²) in [6, 6.07) is 5.24. The van der Waals surface area contributed by atoms with E-state index in [1.807, 2.05) is 13.8 Å². The maximum atomic E-state index is 11.4. The highest BCUT2D eigenvalue weighted by Gasteiger charge is 2.06. The van der Waals surface area contributed by atoms with Gasteiger partial charge in [-0.3, -0.25) is 4.79 Å². The molecule has 1 aromatic rings. The zero-order valence-electron chi connectivity index (χ0n) is 7.73. The van der Waals surface area contributed by atoms with Gasteiger partial charge in [-0.25, -0.2) is 0 Å². The minimum absolute atomic E-state index is 0.0448. The van der Waals surface area contributed by atoms with Crippen molar-refractivity contribution in [3.05, 3.63) is 34.3 Å². The van der Waals surface area contributed by atoms with Crippen LogP contribution in [-0.4, -0.2) is 12.5 Å². The summed E-state index contributed by atoms with van der Waals surface area (Å²) >= 11 is 5.77. The van der Waals surface area contributed by atoms with E-state index in [9.17, 15) is 4.79 Å². The first-order valence-electron chi connectivity index (χ1n) is 4.19. The molecule has 0 saturated heterocycles. The van der Waals surface area contributed by atoms with E-state index in [2.05, 4.69) is 5.32 Å². The molecule has 0 aliphatic rings. The second kappa shape index (κ2) is 4.28. The van der Waals surface area contributed by atoms with Crippen molar-refractivity contribution in [2.45, 2.75) is 13.8 Å². The molecule has 0 aliphatic carbocycles. The average molecular weight is 198 g/mol. The molecule has 1 N–H and O–H groups in total. The van der Waals surface area contributed by atoms with E-state index in [1.54, 1.807) is 18.2 Å². The molecule has 0 fully saturated rings. The van der Waals surface area contributed by atoms with Crippen LogP contribution >= 0.6 is 11.6 Å². The van der Waals surface area contributed by atoms with Crippen LogP contribution < -0.4 is 5.32 Å². The van der Waals surface area contributed by atoms with Crippen molar-refractivity contribution in [3.8, 4) is 0 Å². The number of aryl methyl sites for hydroxylation is 1. The summed E-state index contributed by atoms with van der Waals surface area (Å²) in [6.07, 6.45) is 0. The number of rotatable bonds is 2. The number of hydrogen-bond acceptors (Lipinski definition) is 1. The van der Waals surface area contributed by atoms with Crippen LogP contribution in [0.2, 0.25) is 5.02 Å². The Morgan fingerprint density at radius 2 is 2.23 bits per heavy atom. The largest absolute Gasteiger partial charge is 0.352 e. The summed E-state index contributed by atoms with van der Waals surface area (Å²) < 4.78 is 0. The Bertz CT molecular complexity index is 323.